The molecule has 28 heavy (non-hydrogen) atoms. The predicted octanol–water partition coefficient (Wildman–Crippen LogP) is 4.86. The lowest BCUT2D eigenvalue weighted by atomic mass is 10.1. The molecule has 0 heterocycles. The second kappa shape index (κ2) is 8.31. The molecule has 1 unspecified atom stereocenters. The summed E-state index contributed by atoms with van der Waals surface area (Å²) in [6, 6.07) is 5.36. The van der Waals surface area contributed by atoms with E-state index in [4.69, 9.17) is 16.3 Å². The molecule has 0 saturated carbocycles. The van der Waals surface area contributed by atoms with Crippen LogP contribution in [0.1, 0.15) is 22.3 Å². The van der Waals surface area contributed by atoms with Crippen LogP contribution in [0.15, 0.2) is 35.2 Å². The van der Waals surface area contributed by atoms with Crippen LogP contribution in [-0.2, 0) is 10.0 Å². The minimum atomic E-state index is -4.84. The van der Waals surface area contributed by atoms with Crippen molar-refractivity contribution in [1.29, 1.82) is 0 Å². The number of halogens is 4. The van der Waals surface area contributed by atoms with E-state index in [1.54, 1.807) is 56.7 Å². The Balaban J connectivity index is 2.31. The van der Waals surface area contributed by atoms with Crippen molar-refractivity contribution in [3.8, 4) is 5.75 Å². The van der Waals surface area contributed by atoms with Gasteiger partial charge in [-0.1, -0.05) is 35.4 Å². The average molecular weight is 436 g/mol. The molecule has 2 aromatic carbocycles. The summed E-state index contributed by atoms with van der Waals surface area (Å²) in [5.74, 6) is 0.156. The molecular formula is C19H21ClF3NO3S. The first-order chi connectivity index (χ1) is 12.8. The third-order valence-electron chi connectivity index (χ3n) is 4.12. The van der Waals surface area contributed by atoms with Gasteiger partial charge in [0, 0.05) is 5.02 Å². The molecule has 0 amide bonds. The fourth-order valence-corrected chi connectivity index (χ4v) is 4.76. The highest BCUT2D eigenvalue weighted by Crippen LogP contribution is 2.28. The summed E-state index contributed by atoms with van der Waals surface area (Å²) in [6.45, 7) is 5.60. The van der Waals surface area contributed by atoms with Crippen LogP contribution < -0.4 is 9.46 Å². The van der Waals surface area contributed by atoms with E-state index in [1.165, 1.54) is 6.07 Å². The fraction of sp³-hybridized carbons (Fsp3) is 0.368. The molecule has 0 spiro atoms. The van der Waals surface area contributed by atoms with E-state index >= 15 is 0 Å². The zero-order valence-electron chi connectivity index (χ0n) is 15.8. The number of benzene rings is 2. The molecule has 0 aromatic heterocycles. The van der Waals surface area contributed by atoms with Gasteiger partial charge in [0.1, 0.15) is 12.4 Å². The normalized spacial score (nSPS) is 13.4. The van der Waals surface area contributed by atoms with Crippen LogP contribution in [-0.4, -0.2) is 27.2 Å². The summed E-state index contributed by atoms with van der Waals surface area (Å²) >= 11 is 5.84. The van der Waals surface area contributed by atoms with Crippen LogP contribution in [0, 0.1) is 27.7 Å². The van der Waals surface area contributed by atoms with Crippen molar-refractivity contribution in [1.82, 2.24) is 4.72 Å². The molecule has 4 nitrogen and oxygen atoms in total. The van der Waals surface area contributed by atoms with Crippen LogP contribution in [0.2, 0.25) is 5.02 Å². The molecular weight excluding hydrogens is 415 g/mol. The molecule has 2 rings (SSSR count). The maximum Gasteiger partial charge on any atom is 0.408 e. The predicted molar refractivity (Wildman–Crippen MR) is 103 cm³/mol. The zero-order valence-corrected chi connectivity index (χ0v) is 17.4. The molecule has 0 fully saturated rings. The van der Waals surface area contributed by atoms with Gasteiger partial charge >= 0.3 is 6.18 Å². The Morgan fingerprint density at radius 2 is 1.61 bits per heavy atom. The van der Waals surface area contributed by atoms with Gasteiger partial charge in [0.25, 0.3) is 0 Å². The van der Waals surface area contributed by atoms with Crippen molar-refractivity contribution in [2.24, 2.45) is 0 Å². The topological polar surface area (TPSA) is 55.4 Å². The Kier molecular flexibility index (Phi) is 6.68. The highest BCUT2D eigenvalue weighted by Gasteiger charge is 2.43. The fourth-order valence-electron chi connectivity index (χ4n) is 2.93. The monoisotopic (exact) mass is 435 g/mol. The highest BCUT2D eigenvalue weighted by molar-refractivity contribution is 7.89. The van der Waals surface area contributed by atoms with Crippen LogP contribution >= 0.6 is 11.6 Å². The molecule has 0 saturated heterocycles. The molecule has 0 aliphatic heterocycles. The van der Waals surface area contributed by atoms with Gasteiger partial charge in [-0.25, -0.2) is 8.42 Å². The molecule has 0 bridgehead atoms. The molecule has 154 valence electrons. The lowest BCUT2D eigenvalue weighted by molar-refractivity contribution is -0.157. The Hall–Kier alpha value is -1.77. The van der Waals surface area contributed by atoms with Gasteiger partial charge in [-0.2, -0.15) is 17.9 Å². The number of rotatable bonds is 6. The van der Waals surface area contributed by atoms with Gasteiger partial charge in [0.05, 0.1) is 4.90 Å². The number of ether oxygens (including phenoxy) is 1. The molecule has 1 atom stereocenters. The van der Waals surface area contributed by atoms with E-state index in [2.05, 4.69) is 0 Å². The largest absolute Gasteiger partial charge is 0.491 e. The minimum Gasteiger partial charge on any atom is -0.491 e. The summed E-state index contributed by atoms with van der Waals surface area (Å²) in [7, 11) is -4.42. The van der Waals surface area contributed by atoms with Crippen molar-refractivity contribution in [3.63, 3.8) is 0 Å². The summed E-state index contributed by atoms with van der Waals surface area (Å²) < 4.78 is 72.8. The van der Waals surface area contributed by atoms with E-state index in [0.29, 0.717) is 21.7 Å². The maximum atomic E-state index is 13.5. The van der Waals surface area contributed by atoms with Crippen LogP contribution in [0.3, 0.4) is 0 Å². The molecule has 1 N–H and O–H groups in total. The summed E-state index contributed by atoms with van der Waals surface area (Å²) in [5, 5.41) is 0.302. The number of sulfonamides is 1. The standard InChI is InChI=1S/C19H21ClF3NO3S/c1-11-7-13(3)18(14(4)8-11)28(25,26)24-17(19(21,22)23)10-27-16-9-15(20)6-5-12(16)2/h5-9,17,24H,10H2,1-4H3. The number of hydrogen-bond donors (Lipinski definition) is 1. The van der Waals surface area contributed by atoms with Crippen molar-refractivity contribution in [3.05, 3.63) is 57.6 Å². The van der Waals surface area contributed by atoms with Gasteiger partial charge in [-0.15, -0.1) is 0 Å². The summed E-state index contributed by atoms with van der Waals surface area (Å²) in [6.07, 6.45) is -4.84. The van der Waals surface area contributed by atoms with Crippen molar-refractivity contribution >= 4 is 21.6 Å². The van der Waals surface area contributed by atoms with Gasteiger partial charge in [-0.05, 0) is 56.5 Å². The summed E-state index contributed by atoms with van der Waals surface area (Å²) in [4.78, 5) is -0.161. The van der Waals surface area contributed by atoms with Crippen molar-refractivity contribution in [2.45, 2.75) is 44.8 Å². The smallest absolute Gasteiger partial charge is 0.408 e. The number of alkyl halides is 3. The Morgan fingerprint density at radius 3 is 2.14 bits per heavy atom. The van der Waals surface area contributed by atoms with Gasteiger partial charge in [-0.3, -0.25) is 0 Å². The first-order valence-electron chi connectivity index (χ1n) is 8.37. The third-order valence-corrected chi connectivity index (χ3v) is 6.13. The van der Waals surface area contributed by atoms with Gasteiger partial charge in [0.2, 0.25) is 10.0 Å². The van der Waals surface area contributed by atoms with Crippen LogP contribution in [0.4, 0.5) is 13.2 Å². The highest BCUT2D eigenvalue weighted by atomic mass is 35.5. The summed E-state index contributed by atoms with van der Waals surface area (Å²) in [5.41, 5.74) is 2.15. The molecule has 9 heteroatoms. The van der Waals surface area contributed by atoms with Crippen LogP contribution in [0.25, 0.3) is 0 Å². The van der Waals surface area contributed by atoms with Crippen LogP contribution in [0.5, 0.6) is 5.75 Å². The van der Waals surface area contributed by atoms with E-state index in [1.807, 2.05) is 0 Å². The van der Waals surface area contributed by atoms with E-state index in [-0.39, 0.29) is 10.6 Å². The first-order valence-corrected chi connectivity index (χ1v) is 10.2. The maximum absolute atomic E-state index is 13.5. The quantitative estimate of drug-likeness (QED) is 0.704. The first kappa shape index (κ1) is 22.5. The number of nitrogens with one attached hydrogen (secondary N) is 1. The second-order valence-electron chi connectivity index (χ2n) is 6.66. The van der Waals surface area contributed by atoms with E-state index < -0.39 is 28.8 Å². The Morgan fingerprint density at radius 1 is 1.04 bits per heavy atom. The second-order valence-corrected chi connectivity index (χ2v) is 8.75. The lowest BCUT2D eigenvalue weighted by Crippen LogP contribution is -2.49. The van der Waals surface area contributed by atoms with Gasteiger partial charge in [0.15, 0.2) is 6.04 Å². The molecule has 0 aliphatic carbocycles. The molecule has 2 aromatic rings. The molecule has 0 aliphatic rings. The zero-order chi connectivity index (χ0) is 21.3. The number of aryl methyl sites for hydroxylation is 4. The van der Waals surface area contributed by atoms with Gasteiger partial charge < -0.3 is 4.74 Å². The number of hydrogen-bond acceptors (Lipinski definition) is 3. The SMILES string of the molecule is Cc1cc(C)c(S(=O)(=O)NC(COc2cc(Cl)ccc2C)C(F)(F)F)c(C)c1. The Bertz CT molecular complexity index is 952. The van der Waals surface area contributed by atoms with E-state index in [0.717, 1.165) is 5.56 Å². The lowest BCUT2D eigenvalue weighted by Gasteiger charge is -2.23. The Labute approximate surface area is 167 Å². The van der Waals surface area contributed by atoms with Crippen molar-refractivity contribution < 1.29 is 26.3 Å². The average Bonchev–Trinajstić information content (AvgIpc) is 2.51. The third kappa shape index (κ3) is 5.40. The molecule has 0 radical (unpaired) electrons. The van der Waals surface area contributed by atoms with Crippen molar-refractivity contribution in [2.75, 3.05) is 6.61 Å². The minimum absolute atomic E-state index is 0.156. The van der Waals surface area contributed by atoms with E-state index in [9.17, 15) is 21.6 Å².